The molecule has 0 radical (unpaired) electrons. The number of anilines is 2. The molecule has 2 aromatic rings. The van der Waals surface area contributed by atoms with Crippen molar-refractivity contribution in [2.45, 2.75) is 39.3 Å². The van der Waals surface area contributed by atoms with Crippen molar-refractivity contribution in [3.05, 3.63) is 41.6 Å². The van der Waals surface area contributed by atoms with Gasteiger partial charge in [-0.25, -0.2) is 15.0 Å². The van der Waals surface area contributed by atoms with Gasteiger partial charge in [0.1, 0.15) is 5.69 Å². The summed E-state index contributed by atoms with van der Waals surface area (Å²) in [7, 11) is 0. The summed E-state index contributed by atoms with van der Waals surface area (Å²) in [6, 6.07) is 2.00. The molecule has 2 aromatic heterocycles. The van der Waals surface area contributed by atoms with Gasteiger partial charge in [0.2, 0.25) is 0 Å². The van der Waals surface area contributed by atoms with Gasteiger partial charge in [-0.2, -0.15) is 13.2 Å². The first-order chi connectivity index (χ1) is 13.6. The normalized spacial score (nSPS) is 12.8. The zero-order valence-corrected chi connectivity index (χ0v) is 16.2. The third kappa shape index (κ3) is 6.67. The number of hydrogen-bond donors (Lipinski definition) is 3. The van der Waals surface area contributed by atoms with Gasteiger partial charge in [0.15, 0.2) is 11.5 Å². The first kappa shape index (κ1) is 22.5. The summed E-state index contributed by atoms with van der Waals surface area (Å²) in [5.41, 5.74) is 4.94. The molecule has 0 aromatic carbocycles. The average Bonchev–Trinajstić information content (AvgIpc) is 2.64. The highest BCUT2D eigenvalue weighted by Gasteiger charge is 2.32. The van der Waals surface area contributed by atoms with E-state index < -0.39 is 17.8 Å². The van der Waals surface area contributed by atoms with Crippen LogP contribution in [0.3, 0.4) is 0 Å². The van der Waals surface area contributed by atoms with E-state index in [1.807, 2.05) is 0 Å². The van der Waals surface area contributed by atoms with Crippen LogP contribution in [0.4, 0.5) is 24.7 Å². The molecule has 0 bridgehead atoms. The number of carbonyl (C=O) groups is 1. The summed E-state index contributed by atoms with van der Waals surface area (Å²) in [5.74, 6) is -0.219. The third-order valence-corrected chi connectivity index (χ3v) is 4.24. The number of aliphatic hydroxyl groups excluding tert-OH is 1. The average molecular weight is 411 g/mol. The van der Waals surface area contributed by atoms with E-state index in [9.17, 15) is 23.1 Å². The molecule has 2 heterocycles. The molecular formula is C19H24F3N5O2. The van der Waals surface area contributed by atoms with Crippen molar-refractivity contribution in [1.82, 2.24) is 15.0 Å². The van der Waals surface area contributed by atoms with Crippen LogP contribution in [-0.2, 0) is 12.6 Å². The third-order valence-electron chi connectivity index (χ3n) is 4.24. The second-order valence-electron chi connectivity index (χ2n) is 7.19. The minimum atomic E-state index is -4.55. The molecule has 7 nitrogen and oxygen atoms in total. The Hall–Kier alpha value is -2.75. The number of alkyl halides is 3. The first-order valence-corrected chi connectivity index (χ1v) is 9.17. The summed E-state index contributed by atoms with van der Waals surface area (Å²) in [5, 5.41) is 12.3. The molecule has 1 atom stereocenters. The van der Waals surface area contributed by atoms with Gasteiger partial charge in [0.25, 0.3) is 5.91 Å². The fourth-order valence-electron chi connectivity index (χ4n) is 2.89. The lowest BCUT2D eigenvalue weighted by Crippen LogP contribution is -2.18. The van der Waals surface area contributed by atoms with Gasteiger partial charge < -0.3 is 16.2 Å². The van der Waals surface area contributed by atoms with E-state index in [1.165, 1.54) is 12.3 Å². The van der Waals surface area contributed by atoms with E-state index in [0.29, 0.717) is 24.5 Å². The van der Waals surface area contributed by atoms with Crippen molar-refractivity contribution in [2.24, 2.45) is 17.6 Å². The number of nitrogens with one attached hydrogen (secondary N) is 1. The van der Waals surface area contributed by atoms with E-state index in [4.69, 9.17) is 5.73 Å². The molecule has 0 aliphatic heterocycles. The van der Waals surface area contributed by atoms with Crippen LogP contribution in [0.25, 0.3) is 0 Å². The van der Waals surface area contributed by atoms with E-state index >= 15 is 0 Å². The predicted octanol–water partition coefficient (Wildman–Crippen LogP) is 3.32. The molecule has 0 saturated carbocycles. The number of aromatic nitrogens is 3. The Morgan fingerprint density at radius 1 is 1.24 bits per heavy atom. The highest BCUT2D eigenvalue weighted by atomic mass is 19.4. The van der Waals surface area contributed by atoms with E-state index in [-0.39, 0.29) is 29.7 Å². The molecule has 4 N–H and O–H groups in total. The van der Waals surface area contributed by atoms with Crippen LogP contribution in [0.2, 0.25) is 0 Å². The number of rotatable bonds is 9. The Balaban J connectivity index is 2.19. The van der Waals surface area contributed by atoms with Gasteiger partial charge >= 0.3 is 6.18 Å². The summed E-state index contributed by atoms with van der Waals surface area (Å²) in [6.45, 7) is 4.21. The maximum absolute atomic E-state index is 12.6. The molecule has 0 spiro atoms. The standard InChI is InChI=1S/C19H24F3N5O2/c1-11(2)7-12(10-28)3-4-13-9-25-16(17(23)29)18(26-13)27-14-5-6-15(24-8-14)19(20,21)22/h5-6,8-9,11-12,28H,3-4,7,10H2,1-2H3,(H2,23,29)(H,26,27)/t12-/m1/s1. The zero-order valence-electron chi connectivity index (χ0n) is 16.2. The fourth-order valence-corrected chi connectivity index (χ4v) is 2.89. The molecule has 29 heavy (non-hydrogen) atoms. The van der Waals surface area contributed by atoms with Crippen LogP contribution < -0.4 is 11.1 Å². The molecular weight excluding hydrogens is 387 g/mol. The number of amides is 1. The minimum absolute atomic E-state index is 0.0426. The smallest absolute Gasteiger partial charge is 0.396 e. The number of halogens is 3. The van der Waals surface area contributed by atoms with Gasteiger partial charge in [-0.3, -0.25) is 4.79 Å². The molecule has 0 unspecified atom stereocenters. The Morgan fingerprint density at radius 2 is 1.97 bits per heavy atom. The van der Waals surface area contributed by atoms with Crippen LogP contribution in [-0.4, -0.2) is 32.6 Å². The Labute approximate surface area is 166 Å². The van der Waals surface area contributed by atoms with E-state index in [0.717, 1.165) is 18.7 Å². The second-order valence-corrected chi connectivity index (χ2v) is 7.19. The highest BCUT2D eigenvalue weighted by molar-refractivity contribution is 5.96. The summed E-state index contributed by atoms with van der Waals surface area (Å²) >= 11 is 0. The van der Waals surface area contributed by atoms with Gasteiger partial charge in [-0.15, -0.1) is 0 Å². The number of hydrogen-bond acceptors (Lipinski definition) is 6. The van der Waals surface area contributed by atoms with E-state index in [1.54, 1.807) is 0 Å². The lowest BCUT2D eigenvalue weighted by Gasteiger charge is -2.16. The number of pyridine rings is 1. The maximum Gasteiger partial charge on any atom is 0.433 e. The van der Waals surface area contributed by atoms with Crippen LogP contribution in [0.5, 0.6) is 0 Å². The molecule has 0 aliphatic carbocycles. The second kappa shape index (κ2) is 9.64. The topological polar surface area (TPSA) is 114 Å². The zero-order chi connectivity index (χ0) is 21.6. The largest absolute Gasteiger partial charge is 0.433 e. The molecule has 0 saturated heterocycles. The Morgan fingerprint density at radius 3 is 2.48 bits per heavy atom. The number of nitrogens with zero attached hydrogens (tertiary/aromatic N) is 3. The van der Waals surface area contributed by atoms with Crippen molar-refractivity contribution in [3.8, 4) is 0 Å². The monoisotopic (exact) mass is 411 g/mol. The number of aliphatic hydroxyl groups is 1. The van der Waals surface area contributed by atoms with Crippen LogP contribution in [0, 0.1) is 11.8 Å². The molecule has 158 valence electrons. The van der Waals surface area contributed by atoms with Crippen molar-refractivity contribution < 1.29 is 23.1 Å². The van der Waals surface area contributed by atoms with Crippen molar-refractivity contribution in [2.75, 3.05) is 11.9 Å². The highest BCUT2D eigenvalue weighted by Crippen LogP contribution is 2.28. The molecule has 2 rings (SSSR count). The minimum Gasteiger partial charge on any atom is -0.396 e. The SMILES string of the molecule is CC(C)C[C@H](CO)CCc1cnc(C(N)=O)c(Nc2ccc(C(F)(F)F)nc2)n1. The van der Waals surface area contributed by atoms with Gasteiger partial charge in [-0.1, -0.05) is 13.8 Å². The molecule has 0 aliphatic rings. The van der Waals surface area contributed by atoms with Gasteiger partial charge in [-0.05, 0) is 43.2 Å². The van der Waals surface area contributed by atoms with Crippen molar-refractivity contribution in [1.29, 1.82) is 0 Å². The van der Waals surface area contributed by atoms with Crippen molar-refractivity contribution >= 4 is 17.4 Å². The lowest BCUT2D eigenvalue weighted by molar-refractivity contribution is -0.141. The van der Waals surface area contributed by atoms with Crippen LogP contribution in [0.1, 0.15) is 48.6 Å². The van der Waals surface area contributed by atoms with Crippen LogP contribution >= 0.6 is 0 Å². The number of carbonyl (C=O) groups excluding carboxylic acids is 1. The molecule has 1 amide bonds. The van der Waals surface area contributed by atoms with Crippen LogP contribution in [0.15, 0.2) is 24.5 Å². The predicted molar refractivity (Wildman–Crippen MR) is 101 cm³/mol. The number of nitrogens with two attached hydrogens (primary N) is 1. The Bertz CT molecular complexity index is 826. The summed E-state index contributed by atoms with van der Waals surface area (Å²) in [4.78, 5) is 23.4. The maximum atomic E-state index is 12.6. The summed E-state index contributed by atoms with van der Waals surface area (Å²) in [6.07, 6.45) is -0.0571. The Kier molecular flexibility index (Phi) is 7.49. The lowest BCUT2D eigenvalue weighted by atomic mass is 9.93. The van der Waals surface area contributed by atoms with Gasteiger partial charge in [0.05, 0.1) is 17.6 Å². The fraction of sp³-hybridized carbons (Fsp3) is 0.474. The summed E-state index contributed by atoms with van der Waals surface area (Å²) < 4.78 is 37.9. The number of aryl methyl sites for hydroxylation is 1. The quantitative estimate of drug-likeness (QED) is 0.583. The molecule has 0 fully saturated rings. The van der Waals surface area contributed by atoms with Gasteiger partial charge in [0, 0.05) is 12.8 Å². The van der Waals surface area contributed by atoms with Crippen molar-refractivity contribution in [3.63, 3.8) is 0 Å². The van der Waals surface area contributed by atoms with E-state index in [2.05, 4.69) is 34.1 Å². The first-order valence-electron chi connectivity index (χ1n) is 9.17. The number of primary amides is 1. The molecule has 10 heteroatoms.